The minimum Gasteiger partial charge on any atom is -0.507 e. The lowest BCUT2D eigenvalue weighted by molar-refractivity contribution is -0.384. The van der Waals surface area contributed by atoms with Gasteiger partial charge in [0, 0.05) is 51.4 Å². The third-order valence-electron chi connectivity index (χ3n) is 6.72. The molecule has 0 saturated carbocycles. The van der Waals surface area contributed by atoms with Crippen molar-refractivity contribution in [3.05, 3.63) is 104 Å². The molecule has 8 heteroatoms. The number of aromatic hydroxyl groups is 1. The van der Waals surface area contributed by atoms with Gasteiger partial charge in [0.15, 0.2) is 5.76 Å². The van der Waals surface area contributed by atoms with E-state index < -0.39 is 4.92 Å². The first-order chi connectivity index (χ1) is 17.4. The quantitative estimate of drug-likeness (QED) is 0.311. The van der Waals surface area contributed by atoms with Crippen LogP contribution in [0.3, 0.4) is 0 Å². The van der Waals surface area contributed by atoms with E-state index in [2.05, 4.69) is 34.1 Å². The van der Waals surface area contributed by atoms with Crippen LogP contribution in [0.2, 0.25) is 0 Å². The number of carbonyl (C=O) groups excluding carboxylic acids is 1. The second-order valence-electron chi connectivity index (χ2n) is 9.22. The molecule has 8 nitrogen and oxygen atoms in total. The Morgan fingerprint density at radius 1 is 1.00 bits per heavy atom. The fourth-order valence-corrected chi connectivity index (χ4v) is 4.75. The van der Waals surface area contributed by atoms with E-state index in [1.807, 2.05) is 6.07 Å². The van der Waals surface area contributed by atoms with Gasteiger partial charge in [-0.25, -0.2) is 0 Å². The van der Waals surface area contributed by atoms with Crippen molar-refractivity contribution in [2.24, 2.45) is 0 Å². The van der Waals surface area contributed by atoms with Gasteiger partial charge < -0.3 is 9.84 Å². The van der Waals surface area contributed by atoms with Crippen LogP contribution in [0.1, 0.15) is 32.6 Å². The molecule has 0 aromatic heterocycles. The van der Waals surface area contributed by atoms with Gasteiger partial charge >= 0.3 is 0 Å². The number of phenols is 1. The Bertz CT molecular complexity index is 1330. The molecule has 0 amide bonds. The molecular formula is C28H27N3O5. The molecule has 184 valence electrons. The number of benzene rings is 3. The Balaban J connectivity index is 1.32. The first kappa shape index (κ1) is 23.7. The summed E-state index contributed by atoms with van der Waals surface area (Å²) < 4.78 is 6.02. The first-order valence-corrected chi connectivity index (χ1v) is 11.9. The summed E-state index contributed by atoms with van der Waals surface area (Å²) in [5, 5.41) is 21.7. The van der Waals surface area contributed by atoms with Crippen molar-refractivity contribution in [1.82, 2.24) is 9.80 Å². The Morgan fingerprint density at radius 2 is 1.64 bits per heavy atom. The van der Waals surface area contributed by atoms with Crippen LogP contribution in [-0.4, -0.2) is 51.8 Å². The summed E-state index contributed by atoms with van der Waals surface area (Å²) in [5.74, 6) is 0.399. The van der Waals surface area contributed by atoms with Crippen molar-refractivity contribution >= 4 is 17.5 Å². The largest absolute Gasteiger partial charge is 0.507 e. The molecule has 5 rings (SSSR count). The molecule has 3 aromatic carbocycles. The summed E-state index contributed by atoms with van der Waals surface area (Å²) in [6.45, 7) is 6.67. The molecule has 0 aliphatic carbocycles. The fourth-order valence-electron chi connectivity index (χ4n) is 4.75. The summed E-state index contributed by atoms with van der Waals surface area (Å²) in [6, 6.07) is 17.9. The van der Waals surface area contributed by atoms with E-state index in [0.717, 1.165) is 32.7 Å². The lowest BCUT2D eigenvalue weighted by Gasteiger charge is -2.35. The number of ketones is 1. The molecule has 0 spiro atoms. The highest BCUT2D eigenvalue weighted by atomic mass is 16.6. The van der Waals surface area contributed by atoms with Crippen LogP contribution < -0.4 is 4.74 Å². The average molecular weight is 486 g/mol. The van der Waals surface area contributed by atoms with Gasteiger partial charge in [0.05, 0.1) is 16.1 Å². The third kappa shape index (κ3) is 4.86. The zero-order valence-electron chi connectivity index (χ0n) is 20.0. The van der Waals surface area contributed by atoms with E-state index in [-0.39, 0.29) is 23.0 Å². The van der Waals surface area contributed by atoms with Crippen LogP contribution >= 0.6 is 0 Å². The van der Waals surface area contributed by atoms with Gasteiger partial charge in [0.1, 0.15) is 11.5 Å². The van der Waals surface area contributed by atoms with Crippen molar-refractivity contribution in [3.8, 4) is 11.5 Å². The number of nitro groups is 1. The molecule has 0 radical (unpaired) electrons. The smallest absolute Gasteiger partial charge is 0.269 e. The molecule has 1 fully saturated rings. The normalized spacial score (nSPS) is 17.2. The van der Waals surface area contributed by atoms with E-state index >= 15 is 0 Å². The van der Waals surface area contributed by atoms with E-state index in [1.54, 1.807) is 31.2 Å². The Morgan fingerprint density at radius 3 is 2.28 bits per heavy atom. The summed E-state index contributed by atoms with van der Waals surface area (Å²) >= 11 is 0. The number of aryl methyl sites for hydroxylation is 1. The number of rotatable bonds is 6. The van der Waals surface area contributed by atoms with Crippen LogP contribution in [-0.2, 0) is 13.1 Å². The second-order valence-corrected chi connectivity index (χ2v) is 9.22. The Kier molecular flexibility index (Phi) is 6.54. The topological polar surface area (TPSA) is 96.2 Å². The lowest BCUT2D eigenvalue weighted by Crippen LogP contribution is -2.45. The molecule has 36 heavy (non-hydrogen) atoms. The van der Waals surface area contributed by atoms with Crippen molar-refractivity contribution in [1.29, 1.82) is 0 Å². The number of fused-ring (bicyclic) bond motifs is 1. The number of hydrogen-bond donors (Lipinski definition) is 1. The molecule has 0 unspecified atom stereocenters. The number of ether oxygens (including phenoxy) is 1. The summed E-state index contributed by atoms with van der Waals surface area (Å²) in [5.41, 5.74) is 3.60. The predicted octanol–water partition coefficient (Wildman–Crippen LogP) is 4.54. The number of phenolic OH excluding ortho intramolecular Hbond substituents is 1. The van der Waals surface area contributed by atoms with Gasteiger partial charge in [-0.2, -0.15) is 0 Å². The molecule has 2 aliphatic rings. The number of hydrogen-bond acceptors (Lipinski definition) is 7. The SMILES string of the molecule is Cc1cc(O)c(CN2CCN(Cc3ccccc3)CC2)c2c1C(=O)/C(=C/c1ccc([N+](=O)[O-])cc1)O2. The molecule has 3 aromatic rings. The van der Waals surface area contributed by atoms with Crippen molar-refractivity contribution in [2.45, 2.75) is 20.0 Å². The van der Waals surface area contributed by atoms with Crippen LogP contribution in [0.4, 0.5) is 5.69 Å². The zero-order valence-corrected chi connectivity index (χ0v) is 20.0. The highest BCUT2D eigenvalue weighted by Crippen LogP contribution is 2.42. The van der Waals surface area contributed by atoms with Gasteiger partial charge in [-0.15, -0.1) is 0 Å². The Labute approximate surface area is 209 Å². The summed E-state index contributed by atoms with van der Waals surface area (Å²) in [6.07, 6.45) is 1.58. The number of nitrogens with zero attached hydrogens (tertiary/aromatic N) is 3. The predicted molar refractivity (Wildman–Crippen MR) is 136 cm³/mol. The van der Waals surface area contributed by atoms with Gasteiger partial charge in [-0.3, -0.25) is 24.7 Å². The van der Waals surface area contributed by atoms with Gasteiger partial charge in [0.25, 0.3) is 5.69 Å². The monoisotopic (exact) mass is 485 g/mol. The maximum Gasteiger partial charge on any atom is 0.269 e. The fraction of sp³-hybridized carbons (Fsp3) is 0.250. The highest BCUT2D eigenvalue weighted by molar-refractivity contribution is 6.15. The van der Waals surface area contributed by atoms with Gasteiger partial charge in [-0.1, -0.05) is 30.3 Å². The zero-order chi connectivity index (χ0) is 25.2. The number of Topliss-reactive ketones (excluding diaryl/α,β-unsaturated/α-hetero) is 1. The Hall–Kier alpha value is -4.01. The molecule has 0 bridgehead atoms. The van der Waals surface area contributed by atoms with Crippen LogP contribution in [0.15, 0.2) is 66.4 Å². The number of nitro benzene ring substituents is 1. The van der Waals surface area contributed by atoms with Crippen molar-refractivity contribution in [2.75, 3.05) is 26.2 Å². The molecule has 1 N–H and O–H groups in total. The van der Waals surface area contributed by atoms with E-state index in [9.17, 15) is 20.0 Å². The second kappa shape index (κ2) is 9.93. The van der Waals surface area contributed by atoms with E-state index in [4.69, 9.17) is 4.74 Å². The van der Waals surface area contributed by atoms with E-state index in [1.165, 1.54) is 17.7 Å². The minimum absolute atomic E-state index is 0.0222. The molecule has 1 saturated heterocycles. The average Bonchev–Trinajstić information content (AvgIpc) is 3.20. The summed E-state index contributed by atoms with van der Waals surface area (Å²) in [7, 11) is 0. The van der Waals surface area contributed by atoms with Crippen LogP contribution in [0.5, 0.6) is 11.5 Å². The minimum atomic E-state index is -0.468. The third-order valence-corrected chi connectivity index (χ3v) is 6.72. The standard InChI is InChI=1S/C28H27N3O5/c1-19-15-24(32)23(18-30-13-11-29(12-14-30)17-21-5-3-2-4-6-21)28-26(19)27(33)25(36-28)16-20-7-9-22(10-8-20)31(34)35/h2-10,15-16,32H,11-14,17-18H2,1H3/b25-16-. The number of non-ortho nitro benzene ring substituents is 1. The molecule has 2 aliphatic heterocycles. The van der Waals surface area contributed by atoms with Gasteiger partial charge in [0.2, 0.25) is 5.78 Å². The molecule has 0 atom stereocenters. The molecule has 2 heterocycles. The van der Waals surface area contributed by atoms with E-state index in [0.29, 0.717) is 34.5 Å². The maximum atomic E-state index is 13.2. The number of allylic oxidation sites excluding steroid dienone is 1. The maximum absolute atomic E-state index is 13.2. The first-order valence-electron chi connectivity index (χ1n) is 11.9. The van der Waals surface area contributed by atoms with Crippen molar-refractivity contribution < 1.29 is 19.6 Å². The molecular weight excluding hydrogens is 458 g/mol. The van der Waals surface area contributed by atoms with Gasteiger partial charge in [-0.05, 0) is 47.9 Å². The van der Waals surface area contributed by atoms with Crippen LogP contribution in [0.25, 0.3) is 6.08 Å². The van der Waals surface area contributed by atoms with Crippen molar-refractivity contribution in [3.63, 3.8) is 0 Å². The summed E-state index contributed by atoms with van der Waals surface area (Å²) in [4.78, 5) is 28.3. The lowest BCUT2D eigenvalue weighted by atomic mass is 9.99. The number of carbonyl (C=O) groups is 1. The number of piperazine rings is 1. The highest BCUT2D eigenvalue weighted by Gasteiger charge is 2.34. The van der Waals surface area contributed by atoms with Crippen LogP contribution in [0, 0.1) is 17.0 Å².